The first-order valence-electron chi connectivity index (χ1n) is 17.2. The summed E-state index contributed by atoms with van der Waals surface area (Å²) in [5, 5.41) is 16.5. The van der Waals surface area contributed by atoms with Crippen molar-refractivity contribution in [3.63, 3.8) is 0 Å². The molecular weight excluding hydrogens is 694 g/mol. The Labute approximate surface area is 303 Å². The van der Waals surface area contributed by atoms with Gasteiger partial charge in [-0.1, -0.05) is 0 Å². The Morgan fingerprint density at radius 3 is 2.47 bits per heavy atom. The highest BCUT2D eigenvalue weighted by Crippen LogP contribution is 2.32. The molecule has 2 aromatic heterocycles. The van der Waals surface area contributed by atoms with E-state index in [1.54, 1.807) is 32.5 Å². The fraction of sp³-hybridized carbons (Fsp3) is 0.389. The molecule has 0 aliphatic carbocycles. The second-order valence-corrected chi connectivity index (χ2v) is 12.8. The number of rotatable bonds is 8. The van der Waals surface area contributed by atoms with Crippen LogP contribution in [-0.2, 0) is 19.1 Å². The van der Waals surface area contributed by atoms with Crippen LogP contribution in [0.1, 0.15) is 35.2 Å². The van der Waals surface area contributed by atoms with Crippen LogP contribution in [0.2, 0.25) is 0 Å². The number of hydrogen-bond acceptors (Lipinski definition) is 11. The lowest BCUT2D eigenvalue weighted by Gasteiger charge is -2.36. The van der Waals surface area contributed by atoms with E-state index < -0.39 is 17.7 Å². The molecule has 15 nitrogen and oxygen atoms in total. The average Bonchev–Trinajstić information content (AvgIpc) is 3.95. The van der Waals surface area contributed by atoms with E-state index in [2.05, 4.69) is 25.9 Å². The number of imidazole rings is 1. The van der Waals surface area contributed by atoms with Crippen LogP contribution in [0.3, 0.4) is 0 Å². The predicted octanol–water partition coefficient (Wildman–Crippen LogP) is 2.75. The molecule has 2 amide bonds. The SMILES string of the molecule is COc1ccc(-c2cnc3c(Nc4ccc(C(=O)N5CCN(C(=O)[C@@H]6C[C@@H](OC(=O)C7CCCN7)CN6)CC5)c(C)c4)nccn23)c(F)c1F.O=CO. The summed E-state index contributed by atoms with van der Waals surface area (Å²) in [6, 6.07) is 7.46. The Bertz CT molecular complexity index is 2000. The first-order valence-corrected chi connectivity index (χ1v) is 17.2. The first-order chi connectivity index (χ1) is 25.6. The summed E-state index contributed by atoms with van der Waals surface area (Å²) in [4.78, 5) is 59.8. The van der Waals surface area contributed by atoms with Gasteiger partial charge in [-0.3, -0.25) is 23.6 Å². The molecular formula is C36H40F2N8O7. The molecule has 1 unspecified atom stereocenters. The van der Waals surface area contributed by atoms with E-state index in [1.807, 2.05) is 13.0 Å². The highest BCUT2D eigenvalue weighted by molar-refractivity contribution is 5.96. The van der Waals surface area contributed by atoms with Crippen molar-refractivity contribution < 1.29 is 42.5 Å². The number of nitrogens with zero attached hydrogens (tertiary/aromatic N) is 5. The minimum Gasteiger partial charge on any atom is -0.494 e. The standard InChI is InChI=1S/C35H38F2N8O5.CH2O2/c1-20-16-21(42-31-32-41-19-27(45(32)11-10-39-31)24-7-8-28(49-2)30(37)29(24)36)5-6-23(20)33(46)43-12-14-44(15-13-43)34(47)26-17-22(18-40-26)50-35(48)25-4-3-9-38-25;2-1-3/h5-8,10-11,16,19,22,25-26,38,40H,3-4,9,12-15,17-18H2,1-2H3,(H,39,42);1H,(H,2,3)/t22-,25?,26+;/m1./s1. The Kier molecular flexibility index (Phi) is 11.4. The Morgan fingerprint density at radius 1 is 1.02 bits per heavy atom. The van der Waals surface area contributed by atoms with E-state index in [1.165, 1.54) is 31.6 Å². The van der Waals surface area contributed by atoms with Crippen molar-refractivity contribution in [1.29, 1.82) is 0 Å². The van der Waals surface area contributed by atoms with Gasteiger partial charge < -0.3 is 40.3 Å². The fourth-order valence-electron chi connectivity index (χ4n) is 6.85. The zero-order chi connectivity index (χ0) is 37.6. The monoisotopic (exact) mass is 734 g/mol. The number of ether oxygens (including phenoxy) is 2. The van der Waals surface area contributed by atoms with E-state index >= 15 is 0 Å². The Hall–Kier alpha value is -5.68. The zero-order valence-electron chi connectivity index (χ0n) is 29.2. The molecule has 4 aromatic rings. The summed E-state index contributed by atoms with van der Waals surface area (Å²) in [5.74, 6) is -2.35. The molecule has 3 aliphatic rings. The van der Waals surface area contributed by atoms with Crippen molar-refractivity contribution in [2.75, 3.05) is 51.7 Å². The van der Waals surface area contributed by atoms with E-state index in [4.69, 9.17) is 19.4 Å². The van der Waals surface area contributed by atoms with Gasteiger partial charge in [0, 0.05) is 68.4 Å². The Balaban J connectivity index is 0.00000155. The number of carbonyl (C=O) groups is 4. The number of benzene rings is 2. The summed E-state index contributed by atoms with van der Waals surface area (Å²) in [6.45, 7) is 4.46. The van der Waals surface area contributed by atoms with Crippen LogP contribution in [-0.4, -0.2) is 118 Å². The predicted molar refractivity (Wildman–Crippen MR) is 188 cm³/mol. The van der Waals surface area contributed by atoms with Crippen LogP contribution < -0.4 is 20.7 Å². The number of aryl methyl sites for hydroxylation is 1. The van der Waals surface area contributed by atoms with Gasteiger partial charge in [0.15, 0.2) is 23.0 Å². The fourth-order valence-corrected chi connectivity index (χ4v) is 6.85. The van der Waals surface area contributed by atoms with Crippen LogP contribution >= 0.6 is 0 Å². The number of nitrogens with one attached hydrogen (secondary N) is 3. The maximum atomic E-state index is 14.9. The van der Waals surface area contributed by atoms with E-state index in [0.29, 0.717) is 67.6 Å². The molecule has 0 spiro atoms. The number of methoxy groups -OCH3 is 1. The number of fused-ring (bicyclic) bond motifs is 1. The van der Waals surface area contributed by atoms with Gasteiger partial charge in [0.25, 0.3) is 12.4 Å². The number of carboxylic acid groups (broad SMARTS) is 1. The van der Waals surface area contributed by atoms with Crippen LogP contribution in [0.25, 0.3) is 16.9 Å². The second-order valence-electron chi connectivity index (χ2n) is 12.8. The topological polar surface area (TPSA) is 180 Å². The van der Waals surface area contributed by atoms with Gasteiger partial charge in [-0.25, -0.2) is 14.4 Å². The highest BCUT2D eigenvalue weighted by Gasteiger charge is 2.37. The van der Waals surface area contributed by atoms with Crippen molar-refractivity contribution >= 4 is 41.4 Å². The summed E-state index contributed by atoms with van der Waals surface area (Å²) in [7, 11) is 1.27. The minimum absolute atomic E-state index is 0.0238. The molecule has 280 valence electrons. The van der Waals surface area contributed by atoms with Gasteiger partial charge in [-0.05, 0) is 62.2 Å². The maximum absolute atomic E-state index is 14.9. The smallest absolute Gasteiger partial charge is 0.323 e. The van der Waals surface area contributed by atoms with Gasteiger partial charge in [0.2, 0.25) is 11.7 Å². The molecule has 53 heavy (non-hydrogen) atoms. The van der Waals surface area contributed by atoms with Crippen molar-refractivity contribution in [3.8, 4) is 17.0 Å². The summed E-state index contributed by atoms with van der Waals surface area (Å²) in [5.41, 5.74) is 2.71. The summed E-state index contributed by atoms with van der Waals surface area (Å²) < 4.78 is 41.5. The van der Waals surface area contributed by atoms with Gasteiger partial charge in [-0.15, -0.1) is 0 Å². The molecule has 3 aliphatic heterocycles. The number of aromatic nitrogens is 3. The normalized spacial score (nSPS) is 19.7. The quantitative estimate of drug-likeness (QED) is 0.154. The van der Waals surface area contributed by atoms with Gasteiger partial charge in [0.05, 0.1) is 25.0 Å². The molecule has 3 saturated heterocycles. The number of amides is 2. The third-order valence-corrected chi connectivity index (χ3v) is 9.59. The lowest BCUT2D eigenvalue weighted by Crippen LogP contribution is -2.54. The van der Waals surface area contributed by atoms with E-state index in [9.17, 15) is 23.2 Å². The van der Waals surface area contributed by atoms with Crippen LogP contribution in [0, 0.1) is 18.6 Å². The largest absolute Gasteiger partial charge is 0.494 e. The average molecular weight is 735 g/mol. The molecule has 5 heterocycles. The molecule has 0 bridgehead atoms. The number of piperazine rings is 1. The number of carbonyl (C=O) groups excluding carboxylic acids is 3. The second kappa shape index (κ2) is 16.3. The van der Waals surface area contributed by atoms with Crippen LogP contribution in [0.4, 0.5) is 20.3 Å². The lowest BCUT2D eigenvalue weighted by molar-refractivity contribution is -0.150. The molecule has 17 heteroatoms. The van der Waals surface area contributed by atoms with E-state index in [0.717, 1.165) is 24.9 Å². The van der Waals surface area contributed by atoms with Gasteiger partial charge in [-0.2, -0.15) is 4.39 Å². The minimum atomic E-state index is -1.08. The lowest BCUT2D eigenvalue weighted by atomic mass is 10.1. The summed E-state index contributed by atoms with van der Waals surface area (Å²) in [6.07, 6.45) is 6.40. The van der Waals surface area contributed by atoms with Crippen molar-refractivity contribution in [2.24, 2.45) is 0 Å². The third kappa shape index (κ3) is 7.90. The molecule has 4 N–H and O–H groups in total. The number of esters is 1. The molecule has 7 rings (SSSR count). The molecule has 3 fully saturated rings. The highest BCUT2D eigenvalue weighted by atomic mass is 19.2. The number of halogens is 2. The van der Waals surface area contributed by atoms with E-state index in [-0.39, 0.29) is 47.7 Å². The number of anilines is 2. The number of hydrogen-bond donors (Lipinski definition) is 4. The van der Waals surface area contributed by atoms with Crippen LogP contribution in [0.5, 0.6) is 5.75 Å². The Morgan fingerprint density at radius 2 is 1.77 bits per heavy atom. The molecule has 2 aromatic carbocycles. The zero-order valence-corrected chi connectivity index (χ0v) is 29.2. The van der Waals surface area contributed by atoms with Gasteiger partial charge >= 0.3 is 5.97 Å². The molecule has 0 radical (unpaired) electrons. The maximum Gasteiger partial charge on any atom is 0.323 e. The van der Waals surface area contributed by atoms with Gasteiger partial charge in [0.1, 0.15) is 12.1 Å². The molecule has 3 atom stereocenters. The van der Waals surface area contributed by atoms with Crippen molar-refractivity contribution in [1.82, 2.24) is 34.8 Å². The first kappa shape index (κ1) is 37.1. The third-order valence-electron chi connectivity index (χ3n) is 9.59. The van der Waals surface area contributed by atoms with Crippen LogP contribution in [0.15, 0.2) is 48.9 Å². The van der Waals surface area contributed by atoms with Crippen molar-refractivity contribution in [3.05, 3.63) is 71.7 Å². The summed E-state index contributed by atoms with van der Waals surface area (Å²) >= 11 is 0. The van der Waals surface area contributed by atoms with Crippen molar-refractivity contribution in [2.45, 2.75) is 44.4 Å². The molecule has 0 saturated carbocycles.